The summed E-state index contributed by atoms with van der Waals surface area (Å²) in [4.78, 5) is 2.43. The maximum Gasteiger partial charge on any atom is 0.0355 e. The lowest BCUT2D eigenvalue weighted by Gasteiger charge is -2.32. The number of aryl methyl sites for hydroxylation is 2. The number of likely N-dealkylation sites (N-methyl/N-ethyl adjacent to an activating group) is 1. The van der Waals surface area contributed by atoms with Gasteiger partial charge in [0.2, 0.25) is 0 Å². The topological polar surface area (TPSA) is 29.3 Å². The number of nitrogen functional groups attached to an aromatic ring is 1. The molecule has 2 nitrogen and oxygen atoms in total. The number of piperidine rings is 1. The van der Waals surface area contributed by atoms with E-state index in [4.69, 9.17) is 5.73 Å². The van der Waals surface area contributed by atoms with E-state index in [9.17, 15) is 0 Å². The van der Waals surface area contributed by atoms with Gasteiger partial charge in [-0.1, -0.05) is 19.9 Å². The van der Waals surface area contributed by atoms with E-state index in [0.717, 1.165) is 25.1 Å². The molecule has 0 aliphatic carbocycles. The van der Waals surface area contributed by atoms with Gasteiger partial charge in [0.25, 0.3) is 0 Å². The first-order valence-corrected chi connectivity index (χ1v) is 7.25. The van der Waals surface area contributed by atoms with Gasteiger partial charge in [-0.05, 0) is 68.0 Å². The van der Waals surface area contributed by atoms with Gasteiger partial charge in [-0.2, -0.15) is 0 Å². The number of rotatable bonds is 3. The molecule has 2 rings (SSSR count). The van der Waals surface area contributed by atoms with E-state index in [1.54, 1.807) is 0 Å². The SMILES string of the molecule is CCc1cc(N)c(C2CCCN(C)C2)c(CC)c1. The second-order valence-corrected chi connectivity index (χ2v) is 5.57. The summed E-state index contributed by atoms with van der Waals surface area (Å²) in [5.41, 5.74) is 11.6. The molecule has 1 unspecified atom stereocenters. The van der Waals surface area contributed by atoms with Crippen LogP contribution in [0.15, 0.2) is 12.1 Å². The van der Waals surface area contributed by atoms with Crippen LogP contribution < -0.4 is 5.73 Å². The van der Waals surface area contributed by atoms with Gasteiger partial charge >= 0.3 is 0 Å². The largest absolute Gasteiger partial charge is 0.398 e. The molecule has 0 aromatic heterocycles. The molecule has 100 valence electrons. The van der Waals surface area contributed by atoms with Crippen molar-refractivity contribution in [2.45, 2.75) is 45.4 Å². The fraction of sp³-hybridized carbons (Fsp3) is 0.625. The molecule has 2 heteroatoms. The van der Waals surface area contributed by atoms with Crippen molar-refractivity contribution in [1.29, 1.82) is 0 Å². The van der Waals surface area contributed by atoms with Crippen molar-refractivity contribution in [1.82, 2.24) is 4.90 Å². The van der Waals surface area contributed by atoms with E-state index in [1.807, 2.05) is 0 Å². The minimum absolute atomic E-state index is 0.629. The summed E-state index contributed by atoms with van der Waals surface area (Å²) in [5.74, 6) is 0.629. The van der Waals surface area contributed by atoms with Gasteiger partial charge in [-0.3, -0.25) is 0 Å². The fourth-order valence-corrected chi connectivity index (χ4v) is 3.20. The summed E-state index contributed by atoms with van der Waals surface area (Å²) in [5, 5.41) is 0. The Hall–Kier alpha value is -1.02. The lowest BCUT2D eigenvalue weighted by Crippen LogP contribution is -2.31. The Kier molecular flexibility index (Phi) is 4.28. The van der Waals surface area contributed by atoms with Crippen LogP contribution in [0.4, 0.5) is 5.69 Å². The number of nitrogens with zero attached hydrogens (tertiary/aromatic N) is 1. The van der Waals surface area contributed by atoms with Gasteiger partial charge in [-0.15, -0.1) is 0 Å². The van der Waals surface area contributed by atoms with Gasteiger partial charge in [0.05, 0.1) is 0 Å². The summed E-state index contributed by atoms with van der Waals surface area (Å²) in [6.07, 6.45) is 4.74. The zero-order valence-electron chi connectivity index (χ0n) is 12.0. The molecular formula is C16H26N2. The highest BCUT2D eigenvalue weighted by molar-refractivity contribution is 5.55. The third-order valence-electron chi connectivity index (χ3n) is 4.18. The number of hydrogen-bond donors (Lipinski definition) is 1. The molecular weight excluding hydrogens is 220 g/mol. The standard InChI is InChI=1S/C16H26N2/c1-4-12-9-13(5-2)16(15(17)10-12)14-7-6-8-18(3)11-14/h9-10,14H,4-8,11,17H2,1-3H3. The molecule has 18 heavy (non-hydrogen) atoms. The lowest BCUT2D eigenvalue weighted by molar-refractivity contribution is 0.250. The average molecular weight is 246 g/mol. The minimum atomic E-state index is 0.629. The van der Waals surface area contributed by atoms with Crippen molar-refractivity contribution < 1.29 is 0 Å². The number of anilines is 1. The molecule has 1 aromatic rings. The zero-order chi connectivity index (χ0) is 13.1. The van der Waals surface area contributed by atoms with Crippen molar-refractivity contribution in [2.75, 3.05) is 25.9 Å². The van der Waals surface area contributed by atoms with Crippen molar-refractivity contribution in [3.8, 4) is 0 Å². The molecule has 1 fully saturated rings. The Balaban J connectivity index is 2.36. The molecule has 1 aliphatic heterocycles. The van der Waals surface area contributed by atoms with Crippen molar-refractivity contribution in [2.24, 2.45) is 0 Å². The van der Waals surface area contributed by atoms with E-state index in [-0.39, 0.29) is 0 Å². The first-order valence-electron chi connectivity index (χ1n) is 7.25. The molecule has 1 saturated heterocycles. The molecule has 1 atom stereocenters. The summed E-state index contributed by atoms with van der Waals surface area (Å²) in [6, 6.07) is 4.55. The van der Waals surface area contributed by atoms with Gasteiger partial charge < -0.3 is 10.6 Å². The third-order valence-corrected chi connectivity index (χ3v) is 4.18. The molecule has 0 spiro atoms. The molecule has 0 bridgehead atoms. The zero-order valence-corrected chi connectivity index (χ0v) is 12.0. The highest BCUT2D eigenvalue weighted by Gasteiger charge is 2.23. The van der Waals surface area contributed by atoms with Crippen molar-refractivity contribution in [3.05, 3.63) is 28.8 Å². The first-order chi connectivity index (χ1) is 8.65. The average Bonchev–Trinajstić information content (AvgIpc) is 2.37. The van der Waals surface area contributed by atoms with Crippen molar-refractivity contribution in [3.63, 3.8) is 0 Å². The van der Waals surface area contributed by atoms with Gasteiger partial charge in [0.15, 0.2) is 0 Å². The third kappa shape index (κ3) is 2.69. The molecule has 0 saturated carbocycles. The van der Waals surface area contributed by atoms with Gasteiger partial charge in [0.1, 0.15) is 0 Å². The Morgan fingerprint density at radius 3 is 2.67 bits per heavy atom. The van der Waals surface area contributed by atoms with Crippen LogP contribution in [-0.2, 0) is 12.8 Å². The maximum atomic E-state index is 6.33. The molecule has 0 amide bonds. The van der Waals surface area contributed by atoms with Crippen LogP contribution in [0, 0.1) is 0 Å². The Morgan fingerprint density at radius 1 is 1.28 bits per heavy atom. The molecule has 1 heterocycles. The maximum absolute atomic E-state index is 6.33. The van der Waals surface area contributed by atoms with Crippen LogP contribution in [0.3, 0.4) is 0 Å². The molecule has 1 aromatic carbocycles. The van der Waals surface area contributed by atoms with Crippen LogP contribution in [-0.4, -0.2) is 25.0 Å². The van der Waals surface area contributed by atoms with E-state index in [2.05, 4.69) is 37.9 Å². The number of benzene rings is 1. The summed E-state index contributed by atoms with van der Waals surface area (Å²) in [6.45, 7) is 6.82. The van der Waals surface area contributed by atoms with Crippen molar-refractivity contribution >= 4 is 5.69 Å². The summed E-state index contributed by atoms with van der Waals surface area (Å²) >= 11 is 0. The fourth-order valence-electron chi connectivity index (χ4n) is 3.20. The van der Waals surface area contributed by atoms with Crippen LogP contribution >= 0.6 is 0 Å². The summed E-state index contributed by atoms with van der Waals surface area (Å²) in [7, 11) is 2.22. The predicted molar refractivity (Wildman–Crippen MR) is 79.1 cm³/mol. The lowest BCUT2D eigenvalue weighted by atomic mass is 9.84. The van der Waals surface area contributed by atoms with Crippen LogP contribution in [0.2, 0.25) is 0 Å². The van der Waals surface area contributed by atoms with Crippen LogP contribution in [0.1, 0.15) is 49.3 Å². The summed E-state index contributed by atoms with van der Waals surface area (Å²) < 4.78 is 0. The smallest absolute Gasteiger partial charge is 0.0355 e. The first kappa shape index (κ1) is 13.4. The minimum Gasteiger partial charge on any atom is -0.398 e. The van der Waals surface area contributed by atoms with Gasteiger partial charge in [-0.25, -0.2) is 0 Å². The molecule has 0 radical (unpaired) electrons. The van der Waals surface area contributed by atoms with E-state index >= 15 is 0 Å². The number of likely N-dealkylation sites (tertiary alicyclic amines) is 1. The predicted octanol–water partition coefficient (Wildman–Crippen LogP) is 3.20. The highest BCUT2D eigenvalue weighted by atomic mass is 15.1. The monoisotopic (exact) mass is 246 g/mol. The van der Waals surface area contributed by atoms with E-state index < -0.39 is 0 Å². The molecule has 1 aliphatic rings. The Labute approximate surface area is 111 Å². The second kappa shape index (κ2) is 5.75. The Bertz CT molecular complexity index is 412. The van der Waals surface area contributed by atoms with Crippen LogP contribution in [0.5, 0.6) is 0 Å². The normalized spacial score (nSPS) is 21.2. The second-order valence-electron chi connectivity index (χ2n) is 5.57. The quantitative estimate of drug-likeness (QED) is 0.830. The van der Waals surface area contributed by atoms with Crippen LogP contribution in [0.25, 0.3) is 0 Å². The number of hydrogen-bond acceptors (Lipinski definition) is 2. The highest BCUT2D eigenvalue weighted by Crippen LogP contribution is 2.34. The van der Waals surface area contributed by atoms with E-state index in [1.165, 1.54) is 36.1 Å². The van der Waals surface area contributed by atoms with Gasteiger partial charge in [0, 0.05) is 12.2 Å². The molecule has 2 N–H and O–H groups in total. The number of nitrogens with two attached hydrogens (primary N) is 1. The Morgan fingerprint density at radius 2 is 2.06 bits per heavy atom. The van der Waals surface area contributed by atoms with E-state index in [0.29, 0.717) is 5.92 Å².